The molecule has 2 saturated heterocycles. The Morgan fingerprint density at radius 3 is 1.39 bits per heavy atom. The van der Waals surface area contributed by atoms with Gasteiger partial charge in [-0.25, -0.2) is 13.2 Å². The third kappa shape index (κ3) is 4.75. The third-order valence-electron chi connectivity index (χ3n) is 6.09. The van der Waals surface area contributed by atoms with Gasteiger partial charge < -0.3 is 18.9 Å². The van der Waals surface area contributed by atoms with Crippen LogP contribution in [0.3, 0.4) is 0 Å². The molecule has 3 aromatic rings. The van der Waals surface area contributed by atoms with E-state index < -0.39 is 34.6 Å². The van der Waals surface area contributed by atoms with E-state index in [0.717, 1.165) is 0 Å². The molecule has 2 fully saturated rings. The van der Waals surface area contributed by atoms with Crippen molar-refractivity contribution in [3.05, 3.63) is 94.8 Å². The molecule has 0 aromatic heterocycles. The summed E-state index contributed by atoms with van der Waals surface area (Å²) in [5.41, 5.74) is -4.52. The average Bonchev–Trinajstić information content (AvgIpc) is 3.76. The van der Waals surface area contributed by atoms with Crippen LogP contribution in [0.1, 0.15) is 16.7 Å². The Balaban J connectivity index is 1.62. The van der Waals surface area contributed by atoms with Crippen LogP contribution in [0.15, 0.2) is 60.7 Å². The van der Waals surface area contributed by atoms with E-state index in [4.69, 9.17) is 18.9 Å². The predicted molar refractivity (Wildman–Crippen MR) is 116 cm³/mol. The Bertz CT molecular complexity index is 1140. The molecule has 0 aliphatic carbocycles. The zero-order valence-corrected chi connectivity index (χ0v) is 18.7. The highest BCUT2D eigenvalue weighted by Crippen LogP contribution is 2.52. The summed E-state index contributed by atoms with van der Waals surface area (Å²) in [6.07, 6.45) is -5.20. The molecule has 4 nitrogen and oxygen atoms in total. The number of alkyl halides is 3. The topological polar surface area (TPSA) is 43.5 Å². The molecule has 2 aliphatic heterocycles. The molecular weight excluding hydrogens is 490 g/mol. The number of hydrogen-bond donors (Lipinski definition) is 0. The summed E-state index contributed by atoms with van der Waals surface area (Å²) in [5.74, 6) is -4.72. The van der Waals surface area contributed by atoms with Crippen LogP contribution in [0.2, 0.25) is 0 Å². The zero-order chi connectivity index (χ0) is 25.5. The molecular formula is C26H20F6O4. The van der Waals surface area contributed by atoms with Crippen LogP contribution in [0.5, 0.6) is 11.5 Å². The minimum absolute atomic E-state index is 0.0590. The first-order valence-corrected chi connectivity index (χ1v) is 11.1. The highest BCUT2D eigenvalue weighted by molar-refractivity contribution is 5.54. The molecule has 0 radical (unpaired) electrons. The molecule has 3 aromatic carbocycles. The van der Waals surface area contributed by atoms with Gasteiger partial charge in [-0.2, -0.15) is 13.2 Å². The largest absolute Gasteiger partial charge is 0.491 e. The predicted octanol–water partition coefficient (Wildman–Crippen LogP) is 5.56. The summed E-state index contributed by atoms with van der Waals surface area (Å²) >= 11 is 0. The molecule has 0 spiro atoms. The Labute approximate surface area is 202 Å². The van der Waals surface area contributed by atoms with Crippen molar-refractivity contribution in [2.75, 3.05) is 26.4 Å². The van der Waals surface area contributed by atoms with Crippen LogP contribution in [0.25, 0.3) is 0 Å². The lowest BCUT2D eigenvalue weighted by Crippen LogP contribution is -2.44. The maximum atomic E-state index is 15.1. The maximum absolute atomic E-state index is 15.1. The van der Waals surface area contributed by atoms with Crippen LogP contribution in [-0.2, 0) is 14.9 Å². The van der Waals surface area contributed by atoms with Crippen molar-refractivity contribution in [3.63, 3.8) is 0 Å². The third-order valence-corrected chi connectivity index (χ3v) is 6.09. The van der Waals surface area contributed by atoms with Crippen molar-refractivity contribution in [1.29, 1.82) is 0 Å². The second kappa shape index (κ2) is 9.33. The van der Waals surface area contributed by atoms with Crippen molar-refractivity contribution in [1.82, 2.24) is 0 Å². The molecule has 10 heteroatoms. The molecule has 0 saturated carbocycles. The monoisotopic (exact) mass is 510 g/mol. The first-order valence-electron chi connectivity index (χ1n) is 11.1. The Morgan fingerprint density at radius 1 is 0.667 bits per heavy atom. The van der Waals surface area contributed by atoms with Crippen LogP contribution in [-0.4, -0.2) is 44.8 Å². The molecule has 0 N–H and O–H groups in total. The summed E-state index contributed by atoms with van der Waals surface area (Å²) in [6, 6.07) is 10.8. The summed E-state index contributed by atoms with van der Waals surface area (Å²) in [6.45, 7) is 1.58. The minimum Gasteiger partial charge on any atom is -0.491 e. The SMILES string of the molecule is Fc1cc(C(c2ccc(OCC3CO3)cc2)(c2ccc(OCC3CO3)cc2)C(F)(F)F)cc(F)c1F. The quantitative estimate of drug-likeness (QED) is 0.164. The smallest absolute Gasteiger partial charge is 0.406 e. The lowest BCUT2D eigenvalue weighted by Gasteiger charge is -2.37. The second-order valence-corrected chi connectivity index (χ2v) is 8.58. The van der Waals surface area contributed by atoms with Gasteiger partial charge >= 0.3 is 6.18 Å². The molecule has 190 valence electrons. The van der Waals surface area contributed by atoms with Gasteiger partial charge in [0.2, 0.25) is 0 Å². The van der Waals surface area contributed by atoms with Gasteiger partial charge in [0.05, 0.1) is 13.2 Å². The first kappa shape index (κ1) is 24.5. The van der Waals surface area contributed by atoms with Gasteiger partial charge in [0.1, 0.15) is 42.3 Å². The summed E-state index contributed by atoms with van der Waals surface area (Å²) < 4.78 is 109. The normalized spacial score (nSPS) is 20.5. The van der Waals surface area contributed by atoms with Crippen molar-refractivity contribution in [2.24, 2.45) is 0 Å². The van der Waals surface area contributed by atoms with E-state index >= 15 is 13.2 Å². The van der Waals surface area contributed by atoms with Crippen molar-refractivity contribution in [3.8, 4) is 11.5 Å². The molecule has 2 heterocycles. The second-order valence-electron chi connectivity index (χ2n) is 8.58. The molecule has 2 unspecified atom stereocenters. The standard InChI is InChI=1S/C26H20F6O4/c27-22-9-17(10-23(28)24(22)29)25(26(30,31)32,15-1-5-18(6-2-15)33-11-20-13-35-20)16-3-7-19(8-4-16)34-12-21-14-36-21/h1-10,20-21H,11-14H2. The first-order chi connectivity index (χ1) is 17.2. The number of ether oxygens (including phenoxy) is 4. The average molecular weight is 510 g/mol. The van der Waals surface area contributed by atoms with E-state index in [1.54, 1.807) is 0 Å². The Kier molecular flexibility index (Phi) is 6.34. The molecule has 5 rings (SSSR count). The fourth-order valence-electron chi connectivity index (χ4n) is 4.07. The van der Waals surface area contributed by atoms with Crippen LogP contribution in [0, 0.1) is 17.5 Å². The summed E-state index contributed by atoms with van der Waals surface area (Å²) in [7, 11) is 0. The van der Waals surface area contributed by atoms with E-state index in [-0.39, 0.29) is 36.5 Å². The van der Waals surface area contributed by atoms with Gasteiger partial charge in [0.25, 0.3) is 0 Å². The fourth-order valence-corrected chi connectivity index (χ4v) is 4.07. The number of halogens is 6. The number of benzene rings is 3. The number of rotatable bonds is 9. The van der Waals surface area contributed by atoms with Crippen molar-refractivity contribution in [2.45, 2.75) is 23.8 Å². The van der Waals surface area contributed by atoms with E-state index in [1.807, 2.05) is 0 Å². The summed E-state index contributed by atoms with van der Waals surface area (Å²) in [5, 5.41) is 0. The highest BCUT2D eigenvalue weighted by atomic mass is 19.4. The number of hydrogen-bond acceptors (Lipinski definition) is 4. The van der Waals surface area contributed by atoms with Gasteiger partial charge in [-0.15, -0.1) is 0 Å². The van der Waals surface area contributed by atoms with Crippen LogP contribution in [0.4, 0.5) is 26.3 Å². The molecule has 36 heavy (non-hydrogen) atoms. The maximum Gasteiger partial charge on any atom is 0.406 e. The van der Waals surface area contributed by atoms with Crippen molar-refractivity contribution < 1.29 is 45.3 Å². The molecule has 2 aliphatic rings. The molecule has 0 bridgehead atoms. The van der Waals surface area contributed by atoms with Gasteiger partial charge in [-0.1, -0.05) is 24.3 Å². The van der Waals surface area contributed by atoms with Gasteiger partial charge in [0.15, 0.2) is 17.5 Å². The minimum atomic E-state index is -5.09. The lowest BCUT2D eigenvalue weighted by atomic mass is 9.68. The van der Waals surface area contributed by atoms with E-state index in [0.29, 0.717) is 36.8 Å². The molecule has 2 atom stereocenters. The zero-order valence-electron chi connectivity index (χ0n) is 18.7. The van der Waals surface area contributed by atoms with E-state index in [9.17, 15) is 13.2 Å². The Morgan fingerprint density at radius 2 is 1.06 bits per heavy atom. The van der Waals surface area contributed by atoms with Crippen molar-refractivity contribution >= 4 is 0 Å². The molecule has 0 amide bonds. The summed E-state index contributed by atoms with van der Waals surface area (Å²) in [4.78, 5) is 0. The van der Waals surface area contributed by atoms with Crippen LogP contribution >= 0.6 is 0 Å². The van der Waals surface area contributed by atoms with Gasteiger partial charge in [-0.05, 0) is 53.1 Å². The van der Waals surface area contributed by atoms with Crippen LogP contribution < -0.4 is 9.47 Å². The van der Waals surface area contributed by atoms with E-state index in [1.165, 1.54) is 48.5 Å². The van der Waals surface area contributed by atoms with E-state index in [2.05, 4.69) is 0 Å². The fraction of sp³-hybridized carbons (Fsp3) is 0.308. The number of epoxide rings is 2. The van der Waals surface area contributed by atoms with Gasteiger partial charge in [0, 0.05) is 0 Å². The highest BCUT2D eigenvalue weighted by Gasteiger charge is 2.58. The lowest BCUT2D eigenvalue weighted by molar-refractivity contribution is -0.166. The van der Waals surface area contributed by atoms with Gasteiger partial charge in [-0.3, -0.25) is 0 Å². The Hall–Kier alpha value is -3.24.